The minimum absolute atomic E-state index is 1.28. The average Bonchev–Trinajstić information content (AvgIpc) is 3.29. The number of benzene rings is 10. The summed E-state index contributed by atoms with van der Waals surface area (Å²) < 4.78 is 0. The van der Waals surface area contributed by atoms with Gasteiger partial charge in [-0.1, -0.05) is 259 Å². The molecule has 332 valence electrons. The Balaban J connectivity index is 0.00000270. The molecule has 0 aliphatic rings. The summed E-state index contributed by atoms with van der Waals surface area (Å²) in [5, 5.41) is 19.5. The van der Waals surface area contributed by atoms with E-state index in [-0.39, 0.29) is 0 Å². The Hall–Kier alpha value is -5.37. The molecular weight excluding hydrogens is 857 g/mol. The molecular formula is C62H68Si4. The van der Waals surface area contributed by atoms with E-state index in [1.807, 2.05) is 13.8 Å². The lowest BCUT2D eigenvalue weighted by atomic mass is 9.81. The van der Waals surface area contributed by atoms with Gasteiger partial charge in [-0.05, 0) is 111 Å². The summed E-state index contributed by atoms with van der Waals surface area (Å²) in [5.74, 6) is 0. The van der Waals surface area contributed by atoms with Crippen LogP contribution in [0, 0.1) is 0 Å². The maximum absolute atomic E-state index is 2.53. The van der Waals surface area contributed by atoms with Gasteiger partial charge < -0.3 is 0 Å². The molecule has 0 spiro atoms. The van der Waals surface area contributed by atoms with Crippen molar-refractivity contribution in [1.82, 2.24) is 0 Å². The van der Waals surface area contributed by atoms with Crippen molar-refractivity contribution in [2.24, 2.45) is 0 Å². The minimum Gasteiger partial charge on any atom is -0.0683 e. The van der Waals surface area contributed by atoms with Gasteiger partial charge in [-0.15, -0.1) is 0 Å². The Bertz CT molecular complexity index is 3210. The minimum atomic E-state index is -1.63. The van der Waals surface area contributed by atoms with Crippen LogP contribution >= 0.6 is 0 Å². The molecule has 66 heavy (non-hydrogen) atoms. The summed E-state index contributed by atoms with van der Waals surface area (Å²) in [6, 6.07) is 62.3. The molecule has 4 heteroatoms. The summed E-state index contributed by atoms with van der Waals surface area (Å²) >= 11 is 0. The van der Waals surface area contributed by atoms with Crippen LogP contribution in [0.15, 0.2) is 158 Å². The lowest BCUT2D eigenvalue weighted by Crippen LogP contribution is -2.38. The van der Waals surface area contributed by atoms with Crippen LogP contribution in [-0.2, 0) is 0 Å². The van der Waals surface area contributed by atoms with Crippen LogP contribution in [0.3, 0.4) is 0 Å². The van der Waals surface area contributed by atoms with E-state index in [1.165, 1.54) is 119 Å². The van der Waals surface area contributed by atoms with Crippen LogP contribution < -0.4 is 20.7 Å². The van der Waals surface area contributed by atoms with E-state index in [2.05, 4.69) is 236 Å². The third kappa shape index (κ3) is 7.94. The third-order valence-electron chi connectivity index (χ3n) is 14.1. The van der Waals surface area contributed by atoms with Gasteiger partial charge in [-0.25, -0.2) is 0 Å². The molecule has 0 saturated carbocycles. The molecule has 10 aromatic carbocycles. The van der Waals surface area contributed by atoms with Crippen LogP contribution in [0.1, 0.15) is 13.8 Å². The molecule has 0 bridgehead atoms. The second-order valence-electron chi connectivity index (χ2n) is 22.6. The van der Waals surface area contributed by atoms with Gasteiger partial charge in [-0.3, -0.25) is 0 Å². The van der Waals surface area contributed by atoms with Gasteiger partial charge in [0.2, 0.25) is 0 Å². The largest absolute Gasteiger partial charge is 0.0784 e. The highest BCUT2D eigenvalue weighted by atomic mass is 28.3. The van der Waals surface area contributed by atoms with Crippen LogP contribution in [0.25, 0.3) is 98.4 Å². The number of hydrogen-bond donors (Lipinski definition) is 0. The lowest BCUT2D eigenvalue weighted by molar-refractivity contribution is 1.50. The van der Waals surface area contributed by atoms with E-state index in [0.29, 0.717) is 0 Å². The zero-order valence-corrected chi connectivity index (χ0v) is 46.0. The molecule has 0 aliphatic heterocycles. The van der Waals surface area contributed by atoms with Gasteiger partial charge in [0.15, 0.2) is 0 Å². The predicted molar refractivity (Wildman–Crippen MR) is 310 cm³/mol. The third-order valence-corrected chi connectivity index (χ3v) is 22.3. The van der Waals surface area contributed by atoms with E-state index in [1.54, 1.807) is 0 Å². The van der Waals surface area contributed by atoms with Crippen molar-refractivity contribution in [3.05, 3.63) is 158 Å². The number of hydrogen-bond acceptors (Lipinski definition) is 0. The second kappa shape index (κ2) is 16.7. The fourth-order valence-electron chi connectivity index (χ4n) is 10.6. The summed E-state index contributed by atoms with van der Waals surface area (Å²) in [5.41, 5.74) is 10.4. The average molecular weight is 926 g/mol. The maximum Gasteiger partial charge on any atom is 0.0784 e. The zero-order chi connectivity index (χ0) is 47.1. The Morgan fingerprint density at radius 1 is 0.242 bits per heavy atom. The molecule has 10 rings (SSSR count). The van der Waals surface area contributed by atoms with Crippen LogP contribution in [0.5, 0.6) is 0 Å². The van der Waals surface area contributed by atoms with Gasteiger partial charge >= 0.3 is 0 Å². The number of rotatable bonds is 8. The Labute approximate surface area is 399 Å². The molecule has 0 heterocycles. The predicted octanol–water partition coefficient (Wildman–Crippen LogP) is 16.8. The van der Waals surface area contributed by atoms with Gasteiger partial charge in [0.1, 0.15) is 0 Å². The first-order valence-corrected chi connectivity index (χ1v) is 38.3. The molecule has 0 N–H and O–H groups in total. The number of fused-ring (bicyclic) bond motifs is 2. The van der Waals surface area contributed by atoms with E-state index >= 15 is 0 Å². The van der Waals surface area contributed by atoms with E-state index in [4.69, 9.17) is 0 Å². The van der Waals surface area contributed by atoms with Gasteiger partial charge in [0.25, 0.3) is 0 Å². The van der Waals surface area contributed by atoms with Crippen molar-refractivity contribution in [2.75, 3.05) is 0 Å². The highest BCUT2D eigenvalue weighted by molar-refractivity contribution is 6.91. The maximum atomic E-state index is 2.53. The van der Waals surface area contributed by atoms with Crippen molar-refractivity contribution in [3.8, 4) is 44.5 Å². The van der Waals surface area contributed by atoms with Gasteiger partial charge in [0.05, 0.1) is 32.3 Å². The first-order valence-electron chi connectivity index (χ1n) is 24.3. The SMILES string of the molecule is CC.C[Si](C)(C)c1ccc(-c2cc(-c3ccc([Si](C)(C)C)c4ccccc34)c3ccc4c(-c5ccc([Si](C)(C)C)cc5)cc(-c5ccc([Si](C)(C)C)c6ccccc56)c5ccc2c3c45)cc1. The Kier molecular flexibility index (Phi) is 11.6. The highest BCUT2D eigenvalue weighted by Crippen LogP contribution is 2.50. The van der Waals surface area contributed by atoms with E-state index in [9.17, 15) is 0 Å². The van der Waals surface area contributed by atoms with Crippen molar-refractivity contribution >= 4 is 107 Å². The van der Waals surface area contributed by atoms with E-state index in [0.717, 1.165) is 0 Å². The molecule has 0 fully saturated rings. The Morgan fingerprint density at radius 3 is 0.848 bits per heavy atom. The normalized spacial score (nSPS) is 12.7. The van der Waals surface area contributed by atoms with Gasteiger partial charge in [0, 0.05) is 0 Å². The monoisotopic (exact) mass is 924 g/mol. The topological polar surface area (TPSA) is 0 Å². The van der Waals surface area contributed by atoms with Crippen molar-refractivity contribution in [1.29, 1.82) is 0 Å². The molecule has 0 radical (unpaired) electrons. The Morgan fingerprint density at radius 2 is 0.545 bits per heavy atom. The summed E-state index contributed by atoms with van der Waals surface area (Å²) in [6.07, 6.45) is 0. The molecule has 0 nitrogen and oxygen atoms in total. The molecule has 0 amide bonds. The summed E-state index contributed by atoms with van der Waals surface area (Å²) in [4.78, 5) is 0. The van der Waals surface area contributed by atoms with Crippen LogP contribution in [-0.4, -0.2) is 32.3 Å². The first-order chi connectivity index (χ1) is 31.3. The van der Waals surface area contributed by atoms with E-state index < -0.39 is 32.3 Å². The zero-order valence-electron chi connectivity index (χ0n) is 42.0. The molecule has 0 aromatic heterocycles. The fourth-order valence-corrected chi connectivity index (χ4v) is 16.1. The highest BCUT2D eigenvalue weighted by Gasteiger charge is 2.27. The van der Waals surface area contributed by atoms with Crippen molar-refractivity contribution in [3.63, 3.8) is 0 Å². The smallest absolute Gasteiger partial charge is 0.0683 e. The second-order valence-corrected chi connectivity index (χ2v) is 42.8. The summed E-state index contributed by atoms with van der Waals surface area (Å²) in [6.45, 7) is 33.5. The molecule has 0 atom stereocenters. The van der Waals surface area contributed by atoms with Gasteiger partial charge in [-0.2, -0.15) is 0 Å². The van der Waals surface area contributed by atoms with Crippen LogP contribution in [0.2, 0.25) is 78.6 Å². The fraction of sp³-hybridized carbons (Fsp3) is 0.226. The first kappa shape index (κ1) is 45.8. The lowest BCUT2D eigenvalue weighted by Gasteiger charge is -2.25. The quantitative estimate of drug-likeness (QED) is 0.105. The van der Waals surface area contributed by atoms with Crippen LogP contribution in [0.4, 0.5) is 0 Å². The van der Waals surface area contributed by atoms with Crippen molar-refractivity contribution < 1.29 is 0 Å². The molecule has 10 aromatic rings. The molecule has 0 saturated heterocycles. The molecule has 0 unspecified atom stereocenters. The standard InChI is InChI=1S/C60H62Si4.C2H6/c1-61(2,3)41-25-21-39(22-26-41)53-37-55(45-33-35-57(63(7,8)9)47-19-15-13-17-43(45)47)51-32-30-50-54(40-23-27-42(28-24-40)62(4,5)6)38-56(52-31-29-49(53)59(51)60(50)52)46-34-36-58(64(10,11)12)48-20-16-14-18-44(46)48;1-2/h13-38H,1-12H3;1-2H3. The van der Waals surface area contributed by atoms with Crippen molar-refractivity contribution in [2.45, 2.75) is 92.4 Å². The molecule has 0 aliphatic carbocycles. The summed E-state index contributed by atoms with van der Waals surface area (Å²) in [7, 11) is -6.25.